The lowest BCUT2D eigenvalue weighted by Gasteiger charge is -2.45. The van der Waals surface area contributed by atoms with E-state index >= 15 is 0 Å². The van der Waals surface area contributed by atoms with Gasteiger partial charge in [0.15, 0.2) is 5.82 Å². The monoisotopic (exact) mass is 421 g/mol. The maximum absolute atomic E-state index is 6.41. The fourth-order valence-electron chi connectivity index (χ4n) is 5.19. The Morgan fingerprint density at radius 1 is 1.00 bits per heavy atom. The van der Waals surface area contributed by atoms with Gasteiger partial charge in [0.2, 0.25) is 5.95 Å². The van der Waals surface area contributed by atoms with Gasteiger partial charge in [-0.05, 0) is 54.2 Å². The topological polar surface area (TPSA) is 55.2 Å². The molecular weight excluding hydrogens is 398 g/mol. The summed E-state index contributed by atoms with van der Waals surface area (Å²) in [6.45, 7) is 4.04. The first kappa shape index (κ1) is 18.4. The van der Waals surface area contributed by atoms with Crippen molar-refractivity contribution in [3.63, 3.8) is 0 Å². The van der Waals surface area contributed by atoms with Gasteiger partial charge in [-0.1, -0.05) is 35.9 Å². The van der Waals surface area contributed by atoms with E-state index in [0.29, 0.717) is 6.54 Å². The maximum Gasteiger partial charge on any atom is 0.231 e. The van der Waals surface area contributed by atoms with Crippen LogP contribution in [0.25, 0.3) is 5.69 Å². The number of nitrogens with zero attached hydrogens (tertiary/aromatic N) is 4. The Morgan fingerprint density at radius 3 is 2.77 bits per heavy atom. The molecular formula is C23H24ClN5O. The number of fused-ring (bicyclic) bond motifs is 5. The summed E-state index contributed by atoms with van der Waals surface area (Å²) in [6, 6.07) is 14.8. The summed E-state index contributed by atoms with van der Waals surface area (Å²) < 4.78 is 8.60. The summed E-state index contributed by atoms with van der Waals surface area (Å²) in [5.74, 6) is 1.85. The van der Waals surface area contributed by atoms with Crippen LogP contribution in [-0.4, -0.2) is 34.5 Å². The van der Waals surface area contributed by atoms with E-state index in [0.717, 1.165) is 68.0 Å². The van der Waals surface area contributed by atoms with Gasteiger partial charge in [-0.15, -0.1) is 10.2 Å². The molecule has 3 aliphatic rings. The molecule has 0 atom stereocenters. The van der Waals surface area contributed by atoms with Crippen molar-refractivity contribution in [2.45, 2.75) is 38.0 Å². The summed E-state index contributed by atoms with van der Waals surface area (Å²) >= 11 is 6.25. The van der Waals surface area contributed by atoms with E-state index in [1.807, 2.05) is 12.1 Å². The second kappa shape index (κ2) is 7.08. The van der Waals surface area contributed by atoms with Gasteiger partial charge < -0.3 is 15.0 Å². The smallest absolute Gasteiger partial charge is 0.231 e. The van der Waals surface area contributed by atoms with Gasteiger partial charge in [0, 0.05) is 24.7 Å². The van der Waals surface area contributed by atoms with Crippen LogP contribution in [0.5, 0.6) is 0 Å². The lowest BCUT2D eigenvalue weighted by atomic mass is 9.79. The second-order valence-electron chi connectivity index (χ2n) is 8.37. The standard InChI is InChI=1S/C23H24ClN5O/c24-18-5-6-20-17(13-18)14-25-15-21-26-27-22(29(20)21)28-10-8-23(9-11-28)19-4-2-1-3-16(19)7-12-30-23/h1-6,13,25H,7-12,14-15H2. The highest BCUT2D eigenvalue weighted by molar-refractivity contribution is 6.30. The van der Waals surface area contributed by atoms with Crippen molar-refractivity contribution < 1.29 is 4.74 Å². The van der Waals surface area contributed by atoms with Crippen molar-refractivity contribution in [1.82, 2.24) is 20.1 Å². The van der Waals surface area contributed by atoms with E-state index in [9.17, 15) is 0 Å². The normalized spacial score (nSPS) is 19.7. The highest BCUT2D eigenvalue weighted by atomic mass is 35.5. The highest BCUT2D eigenvalue weighted by Crippen LogP contribution is 2.42. The Labute approximate surface area is 180 Å². The Kier molecular flexibility index (Phi) is 4.33. The molecule has 0 saturated carbocycles. The molecule has 154 valence electrons. The molecule has 30 heavy (non-hydrogen) atoms. The average Bonchev–Trinajstić information content (AvgIpc) is 3.10. The van der Waals surface area contributed by atoms with Gasteiger partial charge in [0.25, 0.3) is 0 Å². The first-order chi connectivity index (χ1) is 14.7. The van der Waals surface area contributed by atoms with Crippen LogP contribution >= 0.6 is 11.6 Å². The number of rotatable bonds is 1. The number of halogens is 1. The minimum atomic E-state index is -0.167. The predicted molar refractivity (Wildman–Crippen MR) is 116 cm³/mol. The molecule has 0 bridgehead atoms. The third kappa shape index (κ3) is 2.86. The Hall–Kier alpha value is -2.41. The minimum absolute atomic E-state index is 0.167. The predicted octanol–water partition coefficient (Wildman–Crippen LogP) is 3.59. The van der Waals surface area contributed by atoms with Crippen LogP contribution in [0.15, 0.2) is 42.5 Å². The van der Waals surface area contributed by atoms with Crippen molar-refractivity contribution in [3.05, 3.63) is 70.0 Å². The number of hydrogen-bond donors (Lipinski definition) is 1. The average molecular weight is 422 g/mol. The first-order valence-electron chi connectivity index (χ1n) is 10.6. The fraction of sp³-hybridized carbons (Fsp3) is 0.391. The van der Waals surface area contributed by atoms with Crippen LogP contribution in [0.2, 0.25) is 5.02 Å². The summed E-state index contributed by atoms with van der Waals surface area (Å²) in [7, 11) is 0. The fourth-order valence-corrected chi connectivity index (χ4v) is 5.39. The first-order valence-corrected chi connectivity index (χ1v) is 11.0. The molecule has 7 heteroatoms. The Balaban J connectivity index is 1.33. The quantitative estimate of drug-likeness (QED) is 0.650. The summed E-state index contributed by atoms with van der Waals surface area (Å²) in [5.41, 5.74) is 4.92. The second-order valence-corrected chi connectivity index (χ2v) is 8.80. The number of anilines is 1. The van der Waals surface area contributed by atoms with E-state index in [1.54, 1.807) is 0 Å². The minimum Gasteiger partial charge on any atom is -0.370 e. The van der Waals surface area contributed by atoms with Crippen LogP contribution in [0.4, 0.5) is 5.95 Å². The molecule has 0 radical (unpaired) electrons. The van der Waals surface area contributed by atoms with E-state index in [2.05, 4.69) is 55.3 Å². The zero-order valence-electron chi connectivity index (χ0n) is 16.8. The van der Waals surface area contributed by atoms with Gasteiger partial charge in [-0.25, -0.2) is 0 Å². The zero-order valence-corrected chi connectivity index (χ0v) is 17.5. The van der Waals surface area contributed by atoms with Gasteiger partial charge >= 0.3 is 0 Å². The molecule has 0 unspecified atom stereocenters. The molecule has 4 heterocycles. The molecule has 1 N–H and O–H groups in total. The van der Waals surface area contributed by atoms with Crippen molar-refractivity contribution >= 4 is 17.5 Å². The third-order valence-corrected chi connectivity index (χ3v) is 6.94. The van der Waals surface area contributed by atoms with Crippen LogP contribution in [-0.2, 0) is 29.8 Å². The molecule has 6 nitrogen and oxygen atoms in total. The van der Waals surface area contributed by atoms with E-state index in [-0.39, 0.29) is 5.60 Å². The van der Waals surface area contributed by atoms with Crippen molar-refractivity contribution in [2.75, 3.05) is 24.6 Å². The van der Waals surface area contributed by atoms with Gasteiger partial charge in [-0.3, -0.25) is 4.57 Å². The van der Waals surface area contributed by atoms with E-state index in [4.69, 9.17) is 16.3 Å². The lowest BCUT2D eigenvalue weighted by molar-refractivity contribution is -0.0767. The van der Waals surface area contributed by atoms with Crippen molar-refractivity contribution in [2.24, 2.45) is 0 Å². The van der Waals surface area contributed by atoms with Gasteiger partial charge in [0.05, 0.1) is 24.4 Å². The molecule has 3 aliphatic heterocycles. The Bertz CT molecular complexity index is 1100. The third-order valence-electron chi connectivity index (χ3n) is 6.71. The molecule has 1 saturated heterocycles. The van der Waals surface area contributed by atoms with Crippen LogP contribution in [0.3, 0.4) is 0 Å². The molecule has 0 aliphatic carbocycles. The number of benzene rings is 2. The molecule has 0 amide bonds. The van der Waals surface area contributed by atoms with Gasteiger partial charge in [-0.2, -0.15) is 0 Å². The number of piperidine rings is 1. The largest absolute Gasteiger partial charge is 0.370 e. The van der Waals surface area contributed by atoms with Crippen LogP contribution < -0.4 is 10.2 Å². The summed E-state index contributed by atoms with van der Waals surface area (Å²) in [4.78, 5) is 2.35. The van der Waals surface area contributed by atoms with Gasteiger partial charge in [0.1, 0.15) is 0 Å². The molecule has 3 aromatic rings. The summed E-state index contributed by atoms with van der Waals surface area (Å²) in [5, 5.41) is 13.3. The van der Waals surface area contributed by atoms with E-state index in [1.165, 1.54) is 16.7 Å². The molecule has 1 aromatic heterocycles. The number of aromatic nitrogens is 3. The lowest BCUT2D eigenvalue weighted by Crippen LogP contribution is -2.47. The SMILES string of the molecule is Clc1ccc2c(c1)CNCc1nnc(N3CCC4(CC3)OCCc3ccccc34)n1-2. The van der Waals surface area contributed by atoms with E-state index < -0.39 is 0 Å². The Morgan fingerprint density at radius 2 is 1.87 bits per heavy atom. The molecule has 1 spiro atoms. The van der Waals surface area contributed by atoms with Crippen LogP contribution in [0.1, 0.15) is 35.4 Å². The van der Waals surface area contributed by atoms with Crippen molar-refractivity contribution in [3.8, 4) is 5.69 Å². The number of ether oxygens (including phenoxy) is 1. The molecule has 1 fully saturated rings. The number of hydrogen-bond acceptors (Lipinski definition) is 5. The molecule has 2 aromatic carbocycles. The number of nitrogens with one attached hydrogen (secondary N) is 1. The van der Waals surface area contributed by atoms with Crippen LogP contribution in [0, 0.1) is 0 Å². The molecule has 6 rings (SSSR count). The zero-order chi connectivity index (χ0) is 20.1. The highest BCUT2D eigenvalue weighted by Gasteiger charge is 2.41. The summed E-state index contributed by atoms with van der Waals surface area (Å²) in [6.07, 6.45) is 2.92. The van der Waals surface area contributed by atoms with Crippen molar-refractivity contribution in [1.29, 1.82) is 0 Å². The maximum atomic E-state index is 6.41.